The van der Waals surface area contributed by atoms with Gasteiger partial charge in [-0.2, -0.15) is 0 Å². The van der Waals surface area contributed by atoms with Crippen LogP contribution in [0.3, 0.4) is 0 Å². The Balaban J connectivity index is 2.05. The molecular formula is C15H13ClFNO2. The second kappa shape index (κ2) is 6.39. The molecule has 1 amide bonds. The van der Waals surface area contributed by atoms with Crippen LogP contribution in [0.25, 0.3) is 0 Å². The lowest BCUT2D eigenvalue weighted by atomic mass is 10.2. The fourth-order valence-electron chi connectivity index (χ4n) is 1.73. The van der Waals surface area contributed by atoms with Crippen molar-refractivity contribution >= 4 is 17.5 Å². The van der Waals surface area contributed by atoms with Gasteiger partial charge in [-0.15, -0.1) is 0 Å². The number of hydrogen-bond donors (Lipinski definition) is 1. The molecule has 0 aliphatic carbocycles. The molecule has 5 heteroatoms. The quantitative estimate of drug-likeness (QED) is 0.938. The van der Waals surface area contributed by atoms with Crippen molar-refractivity contribution in [1.82, 2.24) is 5.32 Å². The van der Waals surface area contributed by atoms with E-state index >= 15 is 0 Å². The summed E-state index contributed by atoms with van der Waals surface area (Å²) in [6.45, 7) is 0.284. The summed E-state index contributed by atoms with van der Waals surface area (Å²) in [5.74, 6) is -0.836. The zero-order chi connectivity index (χ0) is 14.5. The molecule has 0 aliphatic heterocycles. The number of halogens is 2. The first-order valence-electron chi connectivity index (χ1n) is 5.97. The van der Waals surface area contributed by atoms with Crippen molar-refractivity contribution in [3.05, 3.63) is 64.4 Å². The third kappa shape index (κ3) is 3.27. The molecule has 0 fully saturated rings. The number of rotatable bonds is 4. The monoisotopic (exact) mass is 293 g/mol. The minimum Gasteiger partial charge on any atom is -0.494 e. The van der Waals surface area contributed by atoms with Crippen LogP contribution in [0.15, 0.2) is 42.5 Å². The first kappa shape index (κ1) is 14.3. The Kier molecular flexibility index (Phi) is 4.58. The van der Waals surface area contributed by atoms with Crippen LogP contribution in [-0.4, -0.2) is 13.0 Å². The highest BCUT2D eigenvalue weighted by Crippen LogP contribution is 2.18. The maximum Gasteiger partial charge on any atom is 0.251 e. The number of methoxy groups -OCH3 is 1. The zero-order valence-corrected chi connectivity index (χ0v) is 11.6. The molecular weight excluding hydrogens is 281 g/mol. The highest BCUT2D eigenvalue weighted by molar-refractivity contribution is 6.31. The summed E-state index contributed by atoms with van der Waals surface area (Å²) in [4.78, 5) is 11.9. The lowest BCUT2D eigenvalue weighted by molar-refractivity contribution is 0.0950. The molecule has 0 aliphatic rings. The van der Waals surface area contributed by atoms with E-state index in [2.05, 4.69) is 5.32 Å². The average Bonchev–Trinajstić information content (AvgIpc) is 2.46. The Bertz CT molecular complexity index is 631. The van der Waals surface area contributed by atoms with Crippen LogP contribution in [0.5, 0.6) is 5.75 Å². The number of benzene rings is 2. The van der Waals surface area contributed by atoms with Gasteiger partial charge < -0.3 is 10.1 Å². The van der Waals surface area contributed by atoms with Crippen LogP contribution in [0, 0.1) is 5.82 Å². The van der Waals surface area contributed by atoms with E-state index in [1.54, 1.807) is 6.07 Å². The van der Waals surface area contributed by atoms with Crippen molar-refractivity contribution in [2.24, 2.45) is 0 Å². The molecule has 1 N–H and O–H groups in total. The predicted molar refractivity (Wildman–Crippen MR) is 75.6 cm³/mol. The molecule has 20 heavy (non-hydrogen) atoms. The smallest absolute Gasteiger partial charge is 0.251 e. The van der Waals surface area contributed by atoms with Gasteiger partial charge in [0, 0.05) is 17.1 Å². The van der Waals surface area contributed by atoms with Crippen LogP contribution in [0.1, 0.15) is 15.9 Å². The Labute approximate surface area is 121 Å². The fraction of sp³-hybridized carbons (Fsp3) is 0.133. The van der Waals surface area contributed by atoms with Crippen molar-refractivity contribution in [3.8, 4) is 5.75 Å². The molecule has 2 aromatic rings. The van der Waals surface area contributed by atoms with Gasteiger partial charge in [-0.1, -0.05) is 29.8 Å². The van der Waals surface area contributed by atoms with Crippen molar-refractivity contribution in [2.75, 3.05) is 7.11 Å². The van der Waals surface area contributed by atoms with Gasteiger partial charge >= 0.3 is 0 Å². The van der Waals surface area contributed by atoms with E-state index in [-0.39, 0.29) is 23.8 Å². The third-order valence-electron chi connectivity index (χ3n) is 2.81. The summed E-state index contributed by atoms with van der Waals surface area (Å²) in [6.07, 6.45) is 0. The van der Waals surface area contributed by atoms with Gasteiger partial charge in [-0.25, -0.2) is 4.39 Å². The highest BCUT2D eigenvalue weighted by Gasteiger charge is 2.10. The summed E-state index contributed by atoms with van der Waals surface area (Å²) in [5, 5.41) is 3.27. The number of amides is 1. The maximum atomic E-state index is 13.5. The summed E-state index contributed by atoms with van der Waals surface area (Å²) in [5.41, 5.74) is 1.03. The lowest BCUT2D eigenvalue weighted by Gasteiger charge is -2.08. The minimum atomic E-state index is -0.571. The van der Waals surface area contributed by atoms with E-state index in [4.69, 9.17) is 16.3 Å². The standard InChI is InChI=1S/C15H13ClFNO2/c1-20-14-7-6-10(8-13(14)17)15(19)18-9-11-4-2-3-5-12(11)16/h2-8H,9H2,1H3,(H,18,19). The normalized spacial score (nSPS) is 10.2. The first-order valence-corrected chi connectivity index (χ1v) is 6.34. The molecule has 0 atom stereocenters. The van der Waals surface area contributed by atoms with Crippen LogP contribution in [0.2, 0.25) is 5.02 Å². The van der Waals surface area contributed by atoms with E-state index in [1.165, 1.54) is 19.2 Å². The fourth-order valence-corrected chi connectivity index (χ4v) is 1.93. The zero-order valence-electron chi connectivity index (χ0n) is 10.8. The molecule has 2 aromatic carbocycles. The van der Waals surface area contributed by atoms with Crippen molar-refractivity contribution in [3.63, 3.8) is 0 Å². The molecule has 104 valence electrons. The molecule has 0 saturated carbocycles. The van der Waals surface area contributed by atoms with E-state index in [0.717, 1.165) is 11.6 Å². The van der Waals surface area contributed by atoms with Gasteiger partial charge in [0.2, 0.25) is 0 Å². The van der Waals surface area contributed by atoms with E-state index < -0.39 is 5.82 Å². The maximum absolute atomic E-state index is 13.5. The summed E-state index contributed by atoms with van der Waals surface area (Å²) < 4.78 is 18.3. The van der Waals surface area contributed by atoms with Gasteiger partial charge in [0.1, 0.15) is 0 Å². The Morgan fingerprint density at radius 3 is 2.70 bits per heavy atom. The largest absolute Gasteiger partial charge is 0.494 e. The SMILES string of the molecule is COc1ccc(C(=O)NCc2ccccc2Cl)cc1F. The van der Waals surface area contributed by atoms with Gasteiger partial charge in [0.05, 0.1) is 7.11 Å². The number of ether oxygens (including phenoxy) is 1. The van der Waals surface area contributed by atoms with Gasteiger partial charge in [0.15, 0.2) is 11.6 Å². The van der Waals surface area contributed by atoms with Crippen LogP contribution in [-0.2, 0) is 6.54 Å². The molecule has 0 bridgehead atoms. The van der Waals surface area contributed by atoms with Crippen molar-refractivity contribution in [1.29, 1.82) is 0 Å². The number of carbonyl (C=O) groups is 1. The molecule has 3 nitrogen and oxygen atoms in total. The highest BCUT2D eigenvalue weighted by atomic mass is 35.5. The van der Waals surface area contributed by atoms with Gasteiger partial charge in [-0.05, 0) is 29.8 Å². The van der Waals surface area contributed by atoms with Crippen LogP contribution >= 0.6 is 11.6 Å². The Morgan fingerprint density at radius 2 is 2.05 bits per heavy atom. The van der Waals surface area contributed by atoms with E-state index in [9.17, 15) is 9.18 Å². The molecule has 0 saturated heterocycles. The van der Waals surface area contributed by atoms with Crippen LogP contribution in [0.4, 0.5) is 4.39 Å². The van der Waals surface area contributed by atoms with Crippen LogP contribution < -0.4 is 10.1 Å². The molecule has 0 radical (unpaired) electrons. The molecule has 0 heterocycles. The molecule has 0 unspecified atom stereocenters. The molecule has 0 spiro atoms. The lowest BCUT2D eigenvalue weighted by Crippen LogP contribution is -2.23. The Hall–Kier alpha value is -2.07. The summed E-state index contributed by atoms with van der Waals surface area (Å²) >= 11 is 5.99. The topological polar surface area (TPSA) is 38.3 Å². The first-order chi connectivity index (χ1) is 9.61. The predicted octanol–water partition coefficient (Wildman–Crippen LogP) is 3.42. The summed E-state index contributed by atoms with van der Waals surface area (Å²) in [7, 11) is 1.37. The van der Waals surface area contributed by atoms with Crippen molar-refractivity contribution in [2.45, 2.75) is 6.54 Å². The molecule has 0 aromatic heterocycles. The second-order valence-electron chi connectivity index (χ2n) is 4.12. The number of hydrogen-bond acceptors (Lipinski definition) is 2. The Morgan fingerprint density at radius 1 is 1.30 bits per heavy atom. The summed E-state index contributed by atoms with van der Waals surface area (Å²) in [6, 6.07) is 11.3. The van der Waals surface area contributed by atoms with Gasteiger partial charge in [-0.3, -0.25) is 4.79 Å². The number of nitrogens with one attached hydrogen (secondary N) is 1. The van der Waals surface area contributed by atoms with Crippen molar-refractivity contribution < 1.29 is 13.9 Å². The average molecular weight is 294 g/mol. The second-order valence-corrected chi connectivity index (χ2v) is 4.53. The number of carbonyl (C=O) groups excluding carboxylic acids is 1. The van der Waals surface area contributed by atoms with E-state index in [0.29, 0.717) is 5.02 Å². The van der Waals surface area contributed by atoms with E-state index in [1.807, 2.05) is 18.2 Å². The third-order valence-corrected chi connectivity index (χ3v) is 3.18. The minimum absolute atomic E-state index is 0.104. The molecule has 2 rings (SSSR count). The van der Waals surface area contributed by atoms with Gasteiger partial charge in [0.25, 0.3) is 5.91 Å².